The van der Waals surface area contributed by atoms with Gasteiger partial charge in [-0.1, -0.05) is 27.2 Å². The summed E-state index contributed by atoms with van der Waals surface area (Å²) in [7, 11) is 0. The van der Waals surface area contributed by atoms with Crippen molar-refractivity contribution in [2.45, 2.75) is 20.4 Å². The summed E-state index contributed by atoms with van der Waals surface area (Å²) in [5.41, 5.74) is 4.08. The van der Waals surface area contributed by atoms with Crippen LogP contribution in [0.5, 0.6) is 0 Å². The predicted molar refractivity (Wildman–Crippen MR) is 90.0 cm³/mol. The summed E-state index contributed by atoms with van der Waals surface area (Å²) in [5.74, 6) is -0.163. The van der Waals surface area contributed by atoms with Crippen molar-refractivity contribution in [1.82, 2.24) is 15.0 Å². The summed E-state index contributed by atoms with van der Waals surface area (Å²) < 4.78 is 2.76. The third-order valence-electron chi connectivity index (χ3n) is 3.51. The van der Waals surface area contributed by atoms with Crippen LogP contribution in [0.4, 0.5) is 5.69 Å². The molecular weight excluding hydrogens is 344 g/mol. The topological polar surface area (TPSA) is 59.8 Å². The van der Waals surface area contributed by atoms with E-state index in [1.165, 1.54) is 0 Å². The third kappa shape index (κ3) is 2.74. The molecule has 1 aromatic heterocycles. The van der Waals surface area contributed by atoms with Crippen molar-refractivity contribution in [3.8, 4) is 0 Å². The molecule has 0 atom stereocenters. The number of fused-ring (bicyclic) bond motifs is 1. The summed E-state index contributed by atoms with van der Waals surface area (Å²) in [5, 5.41) is 11.0. The lowest BCUT2D eigenvalue weighted by Gasteiger charge is -2.07. The highest BCUT2D eigenvalue weighted by atomic mass is 79.9. The summed E-state index contributed by atoms with van der Waals surface area (Å²) in [6.45, 7) is 4.75. The van der Waals surface area contributed by atoms with E-state index in [0.717, 1.165) is 33.3 Å². The minimum atomic E-state index is -0.163. The maximum atomic E-state index is 12.3. The van der Waals surface area contributed by atoms with Gasteiger partial charge in [0.15, 0.2) is 0 Å². The first-order chi connectivity index (χ1) is 10.6. The molecule has 0 fully saturated rings. The molecule has 1 heterocycles. The minimum Gasteiger partial charge on any atom is -0.322 e. The Kier molecular flexibility index (Phi) is 3.94. The second-order valence-electron chi connectivity index (χ2n) is 5.03. The number of hydrogen-bond donors (Lipinski definition) is 1. The Morgan fingerprint density at radius 1 is 1.27 bits per heavy atom. The standard InChI is InChI=1S/C16H15BrN4O/c1-3-21-15-7-5-11(8-14(15)19-20-21)16(22)18-12-6-4-10(2)13(17)9-12/h4-9H,3H2,1-2H3,(H,18,22). The van der Waals surface area contributed by atoms with Gasteiger partial charge < -0.3 is 5.32 Å². The predicted octanol–water partition coefficient (Wildman–Crippen LogP) is 3.77. The molecule has 0 unspecified atom stereocenters. The van der Waals surface area contributed by atoms with E-state index in [1.54, 1.807) is 16.8 Å². The maximum absolute atomic E-state index is 12.3. The fourth-order valence-corrected chi connectivity index (χ4v) is 2.60. The van der Waals surface area contributed by atoms with Gasteiger partial charge in [-0.15, -0.1) is 5.10 Å². The fraction of sp³-hybridized carbons (Fsp3) is 0.188. The van der Waals surface area contributed by atoms with E-state index >= 15 is 0 Å². The van der Waals surface area contributed by atoms with Gasteiger partial charge in [0.1, 0.15) is 5.52 Å². The Labute approximate surface area is 136 Å². The molecule has 0 bridgehead atoms. The highest BCUT2D eigenvalue weighted by molar-refractivity contribution is 9.10. The normalized spacial score (nSPS) is 10.9. The molecular formula is C16H15BrN4O. The van der Waals surface area contributed by atoms with Gasteiger partial charge in [0, 0.05) is 22.3 Å². The van der Waals surface area contributed by atoms with Crippen molar-refractivity contribution in [3.05, 3.63) is 52.0 Å². The van der Waals surface area contributed by atoms with Crippen LogP contribution < -0.4 is 5.32 Å². The summed E-state index contributed by atoms with van der Waals surface area (Å²) >= 11 is 3.46. The second kappa shape index (κ2) is 5.88. The van der Waals surface area contributed by atoms with E-state index in [2.05, 4.69) is 31.6 Å². The third-order valence-corrected chi connectivity index (χ3v) is 4.36. The van der Waals surface area contributed by atoms with Crippen LogP contribution in [-0.4, -0.2) is 20.9 Å². The van der Waals surface area contributed by atoms with E-state index in [1.807, 2.05) is 38.1 Å². The summed E-state index contributed by atoms with van der Waals surface area (Å²) in [6.07, 6.45) is 0. The summed E-state index contributed by atoms with van der Waals surface area (Å²) in [4.78, 5) is 12.3. The molecule has 112 valence electrons. The number of halogens is 1. The van der Waals surface area contributed by atoms with E-state index in [0.29, 0.717) is 5.56 Å². The van der Waals surface area contributed by atoms with Crippen LogP contribution in [0.15, 0.2) is 40.9 Å². The number of carbonyl (C=O) groups excluding carboxylic acids is 1. The van der Waals surface area contributed by atoms with Gasteiger partial charge in [-0.3, -0.25) is 4.79 Å². The SMILES string of the molecule is CCn1nnc2cc(C(=O)Nc3ccc(C)c(Br)c3)ccc21. The van der Waals surface area contributed by atoms with Crippen molar-refractivity contribution >= 4 is 38.6 Å². The van der Waals surface area contributed by atoms with Crippen LogP contribution in [0, 0.1) is 6.92 Å². The molecule has 0 radical (unpaired) electrons. The lowest BCUT2D eigenvalue weighted by atomic mass is 10.1. The van der Waals surface area contributed by atoms with Gasteiger partial charge in [-0.05, 0) is 49.7 Å². The van der Waals surface area contributed by atoms with Gasteiger partial charge in [0.05, 0.1) is 5.52 Å². The molecule has 0 saturated carbocycles. The first-order valence-electron chi connectivity index (χ1n) is 6.99. The fourth-order valence-electron chi connectivity index (χ4n) is 2.22. The number of aryl methyl sites for hydroxylation is 2. The van der Waals surface area contributed by atoms with Crippen LogP contribution >= 0.6 is 15.9 Å². The van der Waals surface area contributed by atoms with E-state index < -0.39 is 0 Å². The van der Waals surface area contributed by atoms with Gasteiger partial charge in [0.25, 0.3) is 5.91 Å². The van der Waals surface area contributed by atoms with Gasteiger partial charge >= 0.3 is 0 Å². The van der Waals surface area contributed by atoms with E-state index in [4.69, 9.17) is 0 Å². The zero-order chi connectivity index (χ0) is 15.7. The molecule has 1 amide bonds. The molecule has 2 aromatic carbocycles. The highest BCUT2D eigenvalue weighted by Gasteiger charge is 2.10. The number of benzene rings is 2. The smallest absolute Gasteiger partial charge is 0.255 e. The highest BCUT2D eigenvalue weighted by Crippen LogP contribution is 2.21. The van der Waals surface area contributed by atoms with Crippen LogP contribution in [-0.2, 0) is 6.54 Å². The molecule has 0 aliphatic carbocycles. The van der Waals surface area contributed by atoms with Crippen molar-refractivity contribution < 1.29 is 4.79 Å². The first kappa shape index (κ1) is 14.7. The van der Waals surface area contributed by atoms with Crippen LogP contribution in [0.3, 0.4) is 0 Å². The molecule has 1 N–H and O–H groups in total. The second-order valence-corrected chi connectivity index (χ2v) is 5.88. The van der Waals surface area contributed by atoms with Crippen molar-refractivity contribution in [3.63, 3.8) is 0 Å². The number of amides is 1. The Morgan fingerprint density at radius 3 is 2.82 bits per heavy atom. The number of hydrogen-bond acceptors (Lipinski definition) is 3. The Bertz CT molecular complexity index is 856. The lowest BCUT2D eigenvalue weighted by Crippen LogP contribution is -2.11. The average Bonchev–Trinajstić information content (AvgIpc) is 2.93. The molecule has 0 saturated heterocycles. The number of nitrogens with one attached hydrogen (secondary N) is 1. The number of nitrogens with zero attached hydrogens (tertiary/aromatic N) is 3. The quantitative estimate of drug-likeness (QED) is 0.774. The first-order valence-corrected chi connectivity index (χ1v) is 7.78. The van der Waals surface area contributed by atoms with Crippen molar-refractivity contribution in [2.75, 3.05) is 5.32 Å². The Morgan fingerprint density at radius 2 is 2.09 bits per heavy atom. The molecule has 3 rings (SSSR count). The van der Waals surface area contributed by atoms with E-state index in [-0.39, 0.29) is 5.91 Å². The number of aromatic nitrogens is 3. The van der Waals surface area contributed by atoms with Crippen molar-refractivity contribution in [1.29, 1.82) is 0 Å². The molecule has 5 nitrogen and oxygen atoms in total. The molecule has 22 heavy (non-hydrogen) atoms. The Hall–Kier alpha value is -2.21. The number of anilines is 1. The van der Waals surface area contributed by atoms with Crippen LogP contribution in [0.1, 0.15) is 22.8 Å². The maximum Gasteiger partial charge on any atom is 0.255 e. The number of rotatable bonds is 3. The monoisotopic (exact) mass is 358 g/mol. The average molecular weight is 359 g/mol. The summed E-state index contributed by atoms with van der Waals surface area (Å²) in [6, 6.07) is 11.1. The zero-order valence-electron chi connectivity index (χ0n) is 12.3. The van der Waals surface area contributed by atoms with Gasteiger partial charge in [0.2, 0.25) is 0 Å². The van der Waals surface area contributed by atoms with Gasteiger partial charge in [-0.25, -0.2) is 4.68 Å². The number of carbonyl (C=O) groups is 1. The molecule has 0 aliphatic heterocycles. The van der Waals surface area contributed by atoms with Crippen LogP contribution in [0.25, 0.3) is 11.0 Å². The largest absolute Gasteiger partial charge is 0.322 e. The molecule has 0 aliphatic rings. The van der Waals surface area contributed by atoms with Crippen molar-refractivity contribution in [2.24, 2.45) is 0 Å². The zero-order valence-corrected chi connectivity index (χ0v) is 13.9. The Balaban J connectivity index is 1.86. The molecule has 3 aromatic rings. The molecule has 0 spiro atoms. The van der Waals surface area contributed by atoms with Gasteiger partial charge in [-0.2, -0.15) is 0 Å². The lowest BCUT2D eigenvalue weighted by molar-refractivity contribution is 0.102. The van der Waals surface area contributed by atoms with Crippen LogP contribution in [0.2, 0.25) is 0 Å². The minimum absolute atomic E-state index is 0.163. The van der Waals surface area contributed by atoms with E-state index in [9.17, 15) is 4.79 Å². The molecule has 6 heteroatoms.